The topological polar surface area (TPSA) is 70.6 Å². The van der Waals surface area contributed by atoms with Crippen LogP contribution in [0, 0.1) is 0 Å². The molecule has 0 heterocycles. The first-order valence-electron chi connectivity index (χ1n) is 9.55. The molecule has 3 aromatic rings. The molecule has 0 aliphatic carbocycles. The molecule has 0 aliphatic heterocycles. The highest BCUT2D eigenvalue weighted by atomic mass is 35.5. The van der Waals surface area contributed by atoms with Crippen molar-refractivity contribution in [3.63, 3.8) is 0 Å². The molecule has 2 amide bonds. The van der Waals surface area contributed by atoms with Crippen molar-refractivity contribution in [2.45, 2.75) is 19.8 Å². The molecule has 3 rings (SSSR count). The van der Waals surface area contributed by atoms with Crippen LogP contribution in [0.2, 0.25) is 5.02 Å². The lowest BCUT2D eigenvalue weighted by Crippen LogP contribution is -2.19. The van der Waals surface area contributed by atoms with Gasteiger partial charge in [0.2, 0.25) is 5.91 Å². The number of nitrogens with zero attached hydrogens (tertiary/aromatic N) is 1. The molecule has 2 N–H and O–H groups in total. The second kappa shape index (κ2) is 10.4. The Morgan fingerprint density at radius 2 is 1.63 bits per heavy atom. The summed E-state index contributed by atoms with van der Waals surface area (Å²) < 4.78 is 0. The second-order valence-corrected chi connectivity index (χ2v) is 7.20. The number of hydrazone groups is 1. The third-order valence-corrected chi connectivity index (χ3v) is 4.69. The molecule has 0 saturated carbocycles. The van der Waals surface area contributed by atoms with E-state index in [4.69, 9.17) is 11.6 Å². The number of carbonyl (C=O) groups excluding carboxylic acids is 2. The van der Waals surface area contributed by atoms with Gasteiger partial charge < -0.3 is 5.32 Å². The van der Waals surface area contributed by atoms with Crippen LogP contribution >= 0.6 is 11.6 Å². The fourth-order valence-electron chi connectivity index (χ4n) is 2.82. The zero-order valence-electron chi connectivity index (χ0n) is 16.6. The smallest absolute Gasteiger partial charge is 0.255 e. The summed E-state index contributed by atoms with van der Waals surface area (Å²) in [6, 6.07) is 23.9. The average Bonchev–Trinajstić information content (AvgIpc) is 2.77. The minimum atomic E-state index is -0.251. The Labute approximate surface area is 180 Å². The third kappa shape index (κ3) is 6.29. The van der Waals surface area contributed by atoms with Crippen molar-refractivity contribution in [2.75, 3.05) is 5.32 Å². The van der Waals surface area contributed by atoms with Crippen molar-refractivity contribution in [2.24, 2.45) is 5.10 Å². The minimum Gasteiger partial charge on any atom is -0.322 e. The highest BCUT2D eigenvalue weighted by Crippen LogP contribution is 2.15. The molecular formula is C24H22ClN3O2. The molecule has 0 saturated heterocycles. The summed E-state index contributed by atoms with van der Waals surface area (Å²) in [6.07, 6.45) is 1.02. The summed E-state index contributed by atoms with van der Waals surface area (Å²) in [5.41, 5.74) is 6.24. The molecule has 6 heteroatoms. The van der Waals surface area contributed by atoms with Crippen LogP contribution in [-0.4, -0.2) is 17.5 Å². The molecule has 0 radical (unpaired) electrons. The summed E-state index contributed by atoms with van der Waals surface area (Å²) in [4.78, 5) is 24.5. The Kier molecular flexibility index (Phi) is 7.35. The highest BCUT2D eigenvalue weighted by Gasteiger charge is 2.08. The van der Waals surface area contributed by atoms with Crippen molar-refractivity contribution in [1.29, 1.82) is 0 Å². The third-order valence-electron chi connectivity index (χ3n) is 4.46. The molecule has 0 aromatic heterocycles. The van der Waals surface area contributed by atoms with Gasteiger partial charge in [0, 0.05) is 22.7 Å². The summed E-state index contributed by atoms with van der Waals surface area (Å²) in [7, 11) is 0. The van der Waals surface area contributed by atoms with Crippen LogP contribution < -0.4 is 10.7 Å². The molecule has 0 atom stereocenters. The summed E-state index contributed by atoms with van der Waals surface area (Å²) in [6.45, 7) is 1.80. The molecule has 152 valence electrons. The number of hydrogen-bond acceptors (Lipinski definition) is 3. The van der Waals surface area contributed by atoms with Crippen molar-refractivity contribution in [3.05, 3.63) is 101 Å². The summed E-state index contributed by atoms with van der Waals surface area (Å²) >= 11 is 5.95. The lowest BCUT2D eigenvalue weighted by atomic mass is 10.1. The molecule has 3 aromatic carbocycles. The van der Waals surface area contributed by atoms with Gasteiger partial charge in [0.05, 0.1) is 5.71 Å². The Balaban J connectivity index is 1.58. The Morgan fingerprint density at radius 1 is 0.900 bits per heavy atom. The van der Waals surface area contributed by atoms with E-state index >= 15 is 0 Å². The van der Waals surface area contributed by atoms with Crippen molar-refractivity contribution < 1.29 is 9.59 Å². The number of amides is 2. The van der Waals surface area contributed by atoms with Gasteiger partial charge >= 0.3 is 0 Å². The lowest BCUT2D eigenvalue weighted by molar-refractivity contribution is -0.121. The first-order chi connectivity index (χ1) is 14.5. The van der Waals surface area contributed by atoms with E-state index < -0.39 is 0 Å². The Hall–Kier alpha value is -3.44. The van der Waals surface area contributed by atoms with Gasteiger partial charge in [-0.1, -0.05) is 60.1 Å². The van der Waals surface area contributed by atoms with Gasteiger partial charge in [0.15, 0.2) is 0 Å². The van der Waals surface area contributed by atoms with E-state index in [0.717, 1.165) is 11.1 Å². The molecule has 0 unspecified atom stereocenters. The standard InChI is InChI=1S/C24H22ClN3O2/c1-17(27-28-23(29)14-13-18-7-3-2-4-8-18)19-9-6-12-22(16-19)26-24(30)20-10-5-11-21(25)15-20/h2-12,15-16H,13-14H2,1H3,(H,26,30)(H,28,29)/b27-17-. The van der Waals surface area contributed by atoms with E-state index in [2.05, 4.69) is 15.8 Å². The largest absolute Gasteiger partial charge is 0.322 e. The number of carbonyl (C=O) groups is 2. The van der Waals surface area contributed by atoms with Crippen molar-refractivity contribution in [3.8, 4) is 0 Å². The minimum absolute atomic E-state index is 0.149. The Morgan fingerprint density at radius 3 is 2.40 bits per heavy atom. The maximum atomic E-state index is 12.4. The van der Waals surface area contributed by atoms with Gasteiger partial charge in [-0.2, -0.15) is 5.10 Å². The van der Waals surface area contributed by atoms with Gasteiger partial charge in [-0.05, 0) is 54.8 Å². The first-order valence-corrected chi connectivity index (χ1v) is 9.93. The maximum absolute atomic E-state index is 12.4. The molecule has 0 bridgehead atoms. The van der Waals surface area contributed by atoms with E-state index in [1.807, 2.05) is 42.5 Å². The van der Waals surface area contributed by atoms with Crippen LogP contribution in [0.15, 0.2) is 84.0 Å². The Bertz CT molecular complexity index is 1060. The van der Waals surface area contributed by atoms with E-state index in [1.54, 1.807) is 43.3 Å². The van der Waals surface area contributed by atoms with E-state index in [9.17, 15) is 9.59 Å². The first kappa shape index (κ1) is 21.3. The quantitative estimate of drug-likeness (QED) is 0.414. The number of nitrogens with one attached hydrogen (secondary N) is 2. The molecule has 30 heavy (non-hydrogen) atoms. The number of aryl methyl sites for hydroxylation is 1. The van der Waals surface area contributed by atoms with E-state index in [1.165, 1.54) is 0 Å². The SMILES string of the molecule is C/C(=N/NC(=O)CCc1ccccc1)c1cccc(NC(=O)c2cccc(Cl)c2)c1. The van der Waals surface area contributed by atoms with Crippen LogP contribution in [0.3, 0.4) is 0 Å². The fourth-order valence-corrected chi connectivity index (χ4v) is 3.01. The van der Waals surface area contributed by atoms with Crippen LogP contribution in [0.4, 0.5) is 5.69 Å². The van der Waals surface area contributed by atoms with Crippen LogP contribution in [0.25, 0.3) is 0 Å². The fraction of sp³-hybridized carbons (Fsp3) is 0.125. The number of benzene rings is 3. The lowest BCUT2D eigenvalue weighted by Gasteiger charge is -2.08. The zero-order chi connectivity index (χ0) is 21.3. The van der Waals surface area contributed by atoms with Gasteiger partial charge in [0.25, 0.3) is 5.91 Å². The number of halogens is 1. The van der Waals surface area contributed by atoms with Gasteiger partial charge in [-0.3, -0.25) is 9.59 Å². The maximum Gasteiger partial charge on any atom is 0.255 e. The zero-order valence-corrected chi connectivity index (χ0v) is 17.3. The van der Waals surface area contributed by atoms with Gasteiger partial charge in [-0.25, -0.2) is 5.43 Å². The van der Waals surface area contributed by atoms with Crippen LogP contribution in [-0.2, 0) is 11.2 Å². The monoisotopic (exact) mass is 419 g/mol. The van der Waals surface area contributed by atoms with Gasteiger partial charge in [-0.15, -0.1) is 0 Å². The highest BCUT2D eigenvalue weighted by molar-refractivity contribution is 6.31. The normalized spacial score (nSPS) is 11.1. The predicted octanol–water partition coefficient (Wildman–Crippen LogP) is 5.07. The van der Waals surface area contributed by atoms with Crippen molar-refractivity contribution >= 4 is 34.8 Å². The molecule has 0 fully saturated rings. The second-order valence-electron chi connectivity index (χ2n) is 6.76. The molecular weight excluding hydrogens is 398 g/mol. The van der Waals surface area contributed by atoms with Gasteiger partial charge in [0.1, 0.15) is 0 Å². The average molecular weight is 420 g/mol. The molecule has 0 spiro atoms. The van der Waals surface area contributed by atoms with E-state index in [0.29, 0.717) is 34.8 Å². The predicted molar refractivity (Wildman–Crippen MR) is 121 cm³/mol. The number of anilines is 1. The van der Waals surface area contributed by atoms with Crippen molar-refractivity contribution in [1.82, 2.24) is 5.43 Å². The molecule has 5 nitrogen and oxygen atoms in total. The van der Waals surface area contributed by atoms with E-state index in [-0.39, 0.29) is 11.8 Å². The number of hydrogen-bond donors (Lipinski definition) is 2. The molecule has 0 aliphatic rings. The number of rotatable bonds is 7. The summed E-state index contributed by atoms with van der Waals surface area (Å²) in [5, 5.41) is 7.53. The van der Waals surface area contributed by atoms with Crippen LogP contribution in [0.5, 0.6) is 0 Å². The summed E-state index contributed by atoms with van der Waals surface area (Å²) in [5.74, 6) is -0.401. The van der Waals surface area contributed by atoms with Crippen LogP contribution in [0.1, 0.15) is 34.8 Å².